The van der Waals surface area contributed by atoms with Gasteiger partial charge in [0, 0.05) is 4.88 Å². The van der Waals surface area contributed by atoms with Gasteiger partial charge in [-0.1, -0.05) is 6.07 Å². The minimum absolute atomic E-state index is 0.457. The normalized spacial score (nSPS) is 49.8. The van der Waals surface area contributed by atoms with Gasteiger partial charge in [0.15, 0.2) is 0 Å². The summed E-state index contributed by atoms with van der Waals surface area (Å²) >= 11 is 1.75. The van der Waals surface area contributed by atoms with Crippen molar-refractivity contribution in [3.8, 4) is 0 Å². The van der Waals surface area contributed by atoms with E-state index in [2.05, 4.69) is 17.5 Å². The van der Waals surface area contributed by atoms with E-state index in [9.17, 15) is 5.11 Å². The molecule has 1 aromatic rings. The lowest BCUT2D eigenvalue weighted by atomic mass is 9.49. The van der Waals surface area contributed by atoms with Gasteiger partial charge in [-0.2, -0.15) is 0 Å². The zero-order valence-electron chi connectivity index (χ0n) is 9.43. The molecule has 0 spiro atoms. The number of hydrogen-bond donors (Lipinski definition) is 1. The molecular formula is C14H18OS. The summed E-state index contributed by atoms with van der Waals surface area (Å²) in [5.41, 5.74) is -0.457. The van der Waals surface area contributed by atoms with Crippen LogP contribution in [0.4, 0.5) is 0 Å². The summed E-state index contributed by atoms with van der Waals surface area (Å²) in [6.07, 6.45) is 6.57. The predicted octanol–water partition coefficient (Wildman–Crippen LogP) is 3.39. The smallest absolute Gasteiger partial charge is 0.104 e. The summed E-state index contributed by atoms with van der Waals surface area (Å²) in [5, 5.41) is 13.3. The quantitative estimate of drug-likeness (QED) is 0.789. The van der Waals surface area contributed by atoms with Gasteiger partial charge in [0.05, 0.1) is 0 Å². The van der Waals surface area contributed by atoms with Gasteiger partial charge >= 0.3 is 0 Å². The Hall–Kier alpha value is -0.340. The summed E-state index contributed by atoms with van der Waals surface area (Å²) in [6.45, 7) is 0. The van der Waals surface area contributed by atoms with E-state index in [0.717, 1.165) is 11.8 Å². The molecule has 1 nitrogen and oxygen atoms in total. The SMILES string of the molecule is OC1(c2cccs2)C2CC3CC(C2)CC1C3. The van der Waals surface area contributed by atoms with Gasteiger partial charge in [0.2, 0.25) is 0 Å². The van der Waals surface area contributed by atoms with E-state index in [-0.39, 0.29) is 0 Å². The molecule has 0 radical (unpaired) electrons. The van der Waals surface area contributed by atoms with Crippen molar-refractivity contribution in [1.82, 2.24) is 0 Å². The summed E-state index contributed by atoms with van der Waals surface area (Å²) in [5.74, 6) is 2.98. The fourth-order valence-electron chi connectivity index (χ4n) is 4.81. The van der Waals surface area contributed by atoms with Gasteiger partial charge in [-0.25, -0.2) is 0 Å². The van der Waals surface area contributed by atoms with Gasteiger partial charge < -0.3 is 5.11 Å². The van der Waals surface area contributed by atoms with Crippen molar-refractivity contribution >= 4 is 11.3 Å². The van der Waals surface area contributed by atoms with Crippen molar-refractivity contribution in [2.75, 3.05) is 0 Å². The Morgan fingerprint density at radius 2 is 1.69 bits per heavy atom. The summed E-state index contributed by atoms with van der Waals surface area (Å²) in [4.78, 5) is 1.24. The van der Waals surface area contributed by atoms with E-state index in [1.54, 1.807) is 11.3 Å². The third-order valence-corrected chi connectivity index (χ3v) is 6.31. The molecule has 0 atom stereocenters. The average Bonchev–Trinajstić information content (AvgIpc) is 2.78. The van der Waals surface area contributed by atoms with Crippen molar-refractivity contribution in [3.05, 3.63) is 22.4 Å². The summed E-state index contributed by atoms with van der Waals surface area (Å²) in [6, 6.07) is 4.23. The molecular weight excluding hydrogens is 216 g/mol. The fourth-order valence-corrected chi connectivity index (χ4v) is 5.79. The summed E-state index contributed by atoms with van der Waals surface area (Å²) < 4.78 is 0. The van der Waals surface area contributed by atoms with E-state index < -0.39 is 5.60 Å². The van der Waals surface area contributed by atoms with Crippen LogP contribution in [-0.2, 0) is 5.60 Å². The molecule has 86 valence electrons. The van der Waals surface area contributed by atoms with Crippen LogP contribution in [0.2, 0.25) is 0 Å². The van der Waals surface area contributed by atoms with Crippen LogP contribution in [0.1, 0.15) is 37.0 Å². The van der Waals surface area contributed by atoms with Crippen molar-refractivity contribution < 1.29 is 5.11 Å². The van der Waals surface area contributed by atoms with E-state index >= 15 is 0 Å². The molecule has 4 fully saturated rings. The first-order valence-corrected chi connectivity index (χ1v) is 7.41. The highest BCUT2D eigenvalue weighted by Gasteiger charge is 2.57. The van der Waals surface area contributed by atoms with E-state index in [4.69, 9.17) is 0 Å². The third-order valence-electron chi connectivity index (χ3n) is 5.30. The van der Waals surface area contributed by atoms with Crippen LogP contribution in [0, 0.1) is 23.7 Å². The molecule has 16 heavy (non-hydrogen) atoms. The van der Waals surface area contributed by atoms with Crippen molar-refractivity contribution in [2.24, 2.45) is 23.7 Å². The van der Waals surface area contributed by atoms with Crippen LogP contribution in [0.25, 0.3) is 0 Å². The molecule has 5 rings (SSSR count). The first kappa shape index (κ1) is 9.67. The maximum absolute atomic E-state index is 11.2. The fraction of sp³-hybridized carbons (Fsp3) is 0.714. The van der Waals surface area contributed by atoms with Crippen LogP contribution in [0.3, 0.4) is 0 Å². The lowest BCUT2D eigenvalue weighted by molar-refractivity contribution is -0.177. The second-order valence-corrected chi connectivity index (χ2v) is 7.05. The molecule has 4 saturated carbocycles. The van der Waals surface area contributed by atoms with Crippen LogP contribution < -0.4 is 0 Å². The van der Waals surface area contributed by atoms with E-state index in [1.165, 1.54) is 37.0 Å². The van der Waals surface area contributed by atoms with Gasteiger partial charge in [-0.3, -0.25) is 0 Å². The zero-order valence-corrected chi connectivity index (χ0v) is 10.2. The van der Waals surface area contributed by atoms with Crippen molar-refractivity contribution in [3.63, 3.8) is 0 Å². The van der Waals surface area contributed by atoms with Crippen LogP contribution in [-0.4, -0.2) is 5.11 Å². The molecule has 4 bridgehead atoms. The average molecular weight is 234 g/mol. The molecule has 1 N–H and O–H groups in total. The number of rotatable bonds is 1. The topological polar surface area (TPSA) is 20.2 Å². The summed E-state index contributed by atoms with van der Waals surface area (Å²) in [7, 11) is 0. The Balaban J connectivity index is 1.79. The molecule has 2 heteroatoms. The predicted molar refractivity (Wildman–Crippen MR) is 65.3 cm³/mol. The second kappa shape index (κ2) is 3.11. The molecule has 0 aliphatic heterocycles. The highest BCUT2D eigenvalue weighted by molar-refractivity contribution is 7.10. The molecule has 4 aliphatic rings. The second-order valence-electron chi connectivity index (χ2n) is 6.11. The van der Waals surface area contributed by atoms with Gasteiger partial charge in [-0.15, -0.1) is 11.3 Å². The Morgan fingerprint density at radius 3 is 2.19 bits per heavy atom. The van der Waals surface area contributed by atoms with Crippen LogP contribution >= 0.6 is 11.3 Å². The van der Waals surface area contributed by atoms with Crippen molar-refractivity contribution in [2.45, 2.75) is 37.7 Å². The number of thiophene rings is 1. The molecule has 0 amide bonds. The number of aliphatic hydroxyl groups is 1. The highest BCUT2D eigenvalue weighted by atomic mass is 32.1. The molecule has 0 saturated heterocycles. The van der Waals surface area contributed by atoms with E-state index in [1.807, 2.05) is 0 Å². The highest BCUT2D eigenvalue weighted by Crippen LogP contribution is 2.62. The van der Waals surface area contributed by atoms with Gasteiger partial charge in [0.1, 0.15) is 5.60 Å². The third kappa shape index (κ3) is 1.10. The maximum Gasteiger partial charge on any atom is 0.104 e. The lowest BCUT2D eigenvalue weighted by Crippen LogP contribution is -2.55. The molecule has 0 aromatic carbocycles. The maximum atomic E-state index is 11.2. The first-order chi connectivity index (χ1) is 7.77. The largest absolute Gasteiger partial charge is 0.384 e. The first-order valence-electron chi connectivity index (χ1n) is 6.53. The monoisotopic (exact) mass is 234 g/mol. The Kier molecular flexibility index (Phi) is 1.88. The van der Waals surface area contributed by atoms with Gasteiger partial charge in [-0.05, 0) is 67.2 Å². The molecule has 4 aliphatic carbocycles. The Labute approximate surface area is 100 Å². The number of hydrogen-bond acceptors (Lipinski definition) is 2. The Bertz CT molecular complexity index is 367. The van der Waals surface area contributed by atoms with Crippen LogP contribution in [0.5, 0.6) is 0 Å². The zero-order chi connectivity index (χ0) is 10.8. The lowest BCUT2D eigenvalue weighted by Gasteiger charge is -2.58. The molecule has 1 aromatic heterocycles. The van der Waals surface area contributed by atoms with Crippen LogP contribution in [0.15, 0.2) is 17.5 Å². The van der Waals surface area contributed by atoms with E-state index in [0.29, 0.717) is 11.8 Å². The minimum atomic E-state index is -0.457. The Morgan fingerprint density at radius 1 is 1.06 bits per heavy atom. The molecule has 1 heterocycles. The van der Waals surface area contributed by atoms with Crippen molar-refractivity contribution in [1.29, 1.82) is 0 Å². The standard InChI is InChI=1S/C14H18OS/c15-14(13-2-1-3-16-13)11-5-9-4-10(7-11)8-12(14)6-9/h1-3,9-12,15H,4-8H2. The molecule has 0 unspecified atom stereocenters. The van der Waals surface area contributed by atoms with Gasteiger partial charge in [0.25, 0.3) is 0 Å². The minimum Gasteiger partial charge on any atom is -0.384 e.